The Balaban J connectivity index is 1.72. The molecule has 8 nitrogen and oxygen atoms in total. The standard InChI is InChI=1S/C19H20N4O4/c1-3-21(4-2)19(24)13-27-16-8-5-14(6-9-16)17-12-22-11-15(23(25)26)7-10-18(22)20-17/h5-12H,3-4,13H2,1-2H3. The smallest absolute Gasteiger partial charge is 0.286 e. The maximum Gasteiger partial charge on any atom is 0.286 e. The van der Waals surface area contributed by atoms with Gasteiger partial charge in [-0.3, -0.25) is 19.3 Å². The number of nitro groups is 1. The van der Waals surface area contributed by atoms with Gasteiger partial charge in [0.05, 0.1) is 16.8 Å². The molecule has 0 radical (unpaired) electrons. The van der Waals surface area contributed by atoms with Crippen molar-refractivity contribution in [1.82, 2.24) is 14.3 Å². The molecule has 1 aromatic carbocycles. The van der Waals surface area contributed by atoms with Crippen LogP contribution in [-0.2, 0) is 4.79 Å². The van der Waals surface area contributed by atoms with Crippen molar-refractivity contribution in [3.8, 4) is 17.0 Å². The van der Waals surface area contributed by atoms with Crippen molar-refractivity contribution >= 4 is 17.2 Å². The maximum atomic E-state index is 12.0. The van der Waals surface area contributed by atoms with Crippen LogP contribution in [0.25, 0.3) is 16.9 Å². The van der Waals surface area contributed by atoms with E-state index in [1.165, 1.54) is 12.3 Å². The minimum absolute atomic E-state index is 0.000934. The van der Waals surface area contributed by atoms with Crippen LogP contribution in [0.5, 0.6) is 5.75 Å². The zero-order valence-electron chi connectivity index (χ0n) is 15.2. The predicted octanol–water partition coefficient (Wildman–Crippen LogP) is 3.16. The van der Waals surface area contributed by atoms with Gasteiger partial charge in [0.15, 0.2) is 6.61 Å². The molecule has 3 aromatic rings. The molecule has 0 fully saturated rings. The molecule has 0 saturated carbocycles. The molecule has 2 aromatic heterocycles. The van der Waals surface area contributed by atoms with Crippen LogP contribution in [0.4, 0.5) is 5.69 Å². The van der Waals surface area contributed by atoms with Crippen LogP contribution in [0.3, 0.4) is 0 Å². The van der Waals surface area contributed by atoms with Gasteiger partial charge in [0.1, 0.15) is 11.4 Å². The summed E-state index contributed by atoms with van der Waals surface area (Å²) in [5.41, 5.74) is 2.18. The zero-order chi connectivity index (χ0) is 19.4. The molecule has 0 saturated heterocycles. The molecule has 140 valence electrons. The van der Waals surface area contributed by atoms with E-state index in [9.17, 15) is 14.9 Å². The summed E-state index contributed by atoms with van der Waals surface area (Å²) >= 11 is 0. The average Bonchev–Trinajstić information content (AvgIpc) is 3.11. The summed E-state index contributed by atoms with van der Waals surface area (Å²) in [7, 11) is 0. The average molecular weight is 368 g/mol. The number of benzene rings is 1. The van der Waals surface area contributed by atoms with Crippen LogP contribution in [0.1, 0.15) is 13.8 Å². The predicted molar refractivity (Wildman–Crippen MR) is 101 cm³/mol. The third kappa shape index (κ3) is 4.05. The minimum Gasteiger partial charge on any atom is -0.484 e. The summed E-state index contributed by atoms with van der Waals surface area (Å²) in [4.78, 5) is 28.6. The quantitative estimate of drug-likeness (QED) is 0.472. The number of pyridine rings is 1. The number of fused-ring (bicyclic) bond motifs is 1. The number of rotatable bonds is 7. The van der Waals surface area contributed by atoms with Gasteiger partial charge in [0, 0.05) is 30.9 Å². The van der Waals surface area contributed by atoms with Gasteiger partial charge >= 0.3 is 0 Å². The third-order valence-electron chi connectivity index (χ3n) is 4.27. The van der Waals surface area contributed by atoms with Gasteiger partial charge in [0.2, 0.25) is 0 Å². The van der Waals surface area contributed by atoms with Crippen molar-refractivity contribution in [2.45, 2.75) is 13.8 Å². The van der Waals surface area contributed by atoms with Crippen molar-refractivity contribution in [3.05, 3.63) is 58.9 Å². The lowest BCUT2D eigenvalue weighted by atomic mass is 10.2. The number of nitrogens with zero attached hydrogens (tertiary/aromatic N) is 4. The normalized spacial score (nSPS) is 10.7. The zero-order valence-corrected chi connectivity index (χ0v) is 15.2. The van der Waals surface area contributed by atoms with Crippen molar-refractivity contribution in [2.24, 2.45) is 0 Å². The molecule has 0 aliphatic heterocycles. The van der Waals surface area contributed by atoms with E-state index in [2.05, 4.69) is 4.98 Å². The number of ether oxygens (including phenoxy) is 1. The number of aromatic nitrogens is 2. The Bertz CT molecular complexity index is 962. The van der Waals surface area contributed by atoms with Gasteiger partial charge in [-0.2, -0.15) is 0 Å². The molecule has 0 aliphatic carbocycles. The SMILES string of the molecule is CCN(CC)C(=O)COc1ccc(-c2cn3cc([N+](=O)[O-])ccc3n2)cc1. The van der Waals surface area contributed by atoms with E-state index in [1.807, 2.05) is 26.0 Å². The number of carbonyl (C=O) groups excluding carboxylic acids is 1. The highest BCUT2D eigenvalue weighted by molar-refractivity contribution is 5.77. The summed E-state index contributed by atoms with van der Waals surface area (Å²) in [6, 6.07) is 10.3. The van der Waals surface area contributed by atoms with E-state index >= 15 is 0 Å². The van der Waals surface area contributed by atoms with Gasteiger partial charge in [-0.25, -0.2) is 4.98 Å². The van der Waals surface area contributed by atoms with Gasteiger partial charge in [-0.05, 0) is 44.2 Å². The van der Waals surface area contributed by atoms with Gasteiger partial charge in [-0.15, -0.1) is 0 Å². The van der Waals surface area contributed by atoms with E-state index < -0.39 is 4.92 Å². The van der Waals surface area contributed by atoms with Crippen LogP contribution >= 0.6 is 0 Å². The Hall–Kier alpha value is -3.42. The fourth-order valence-electron chi connectivity index (χ4n) is 2.76. The Morgan fingerprint density at radius 1 is 1.15 bits per heavy atom. The highest BCUT2D eigenvalue weighted by atomic mass is 16.6. The molecular formula is C19H20N4O4. The summed E-state index contributed by atoms with van der Waals surface area (Å²) in [6.07, 6.45) is 3.17. The molecule has 0 atom stereocenters. The first-order valence-corrected chi connectivity index (χ1v) is 8.66. The lowest BCUT2D eigenvalue weighted by molar-refractivity contribution is -0.385. The van der Waals surface area contributed by atoms with Crippen LogP contribution in [-0.4, -0.2) is 44.8 Å². The Morgan fingerprint density at radius 2 is 1.85 bits per heavy atom. The van der Waals surface area contributed by atoms with E-state index in [1.54, 1.807) is 33.7 Å². The van der Waals surface area contributed by atoms with Gasteiger partial charge < -0.3 is 9.64 Å². The van der Waals surface area contributed by atoms with E-state index in [4.69, 9.17) is 4.74 Å². The van der Waals surface area contributed by atoms with Crippen LogP contribution in [0, 0.1) is 10.1 Å². The monoisotopic (exact) mass is 368 g/mol. The number of hydrogen-bond donors (Lipinski definition) is 0. The van der Waals surface area contributed by atoms with Crippen molar-refractivity contribution in [3.63, 3.8) is 0 Å². The Labute approximate surface area is 156 Å². The second kappa shape index (κ2) is 7.86. The van der Waals surface area contributed by atoms with E-state index in [-0.39, 0.29) is 18.2 Å². The molecule has 0 spiro atoms. The molecule has 2 heterocycles. The lowest BCUT2D eigenvalue weighted by Crippen LogP contribution is -2.34. The third-order valence-corrected chi connectivity index (χ3v) is 4.27. The second-order valence-corrected chi connectivity index (χ2v) is 5.92. The van der Waals surface area contributed by atoms with E-state index in [0.717, 1.165) is 5.56 Å². The minimum atomic E-state index is -0.440. The van der Waals surface area contributed by atoms with Crippen molar-refractivity contribution < 1.29 is 14.5 Å². The first kappa shape index (κ1) is 18.4. The molecule has 0 N–H and O–H groups in total. The first-order chi connectivity index (χ1) is 13.0. The molecule has 8 heteroatoms. The lowest BCUT2D eigenvalue weighted by Gasteiger charge is -2.18. The van der Waals surface area contributed by atoms with Crippen LogP contribution < -0.4 is 4.74 Å². The molecule has 27 heavy (non-hydrogen) atoms. The number of hydrogen-bond acceptors (Lipinski definition) is 5. The number of likely N-dealkylation sites (N-methyl/N-ethyl adjacent to an activating group) is 1. The summed E-state index contributed by atoms with van der Waals surface area (Å²) in [5, 5.41) is 10.9. The largest absolute Gasteiger partial charge is 0.484 e. The summed E-state index contributed by atoms with van der Waals surface area (Å²) < 4.78 is 7.18. The number of amides is 1. The molecule has 0 aliphatic rings. The summed E-state index contributed by atoms with van der Waals surface area (Å²) in [6.45, 7) is 5.17. The fourth-order valence-corrected chi connectivity index (χ4v) is 2.76. The molecule has 1 amide bonds. The first-order valence-electron chi connectivity index (χ1n) is 8.66. The molecular weight excluding hydrogens is 348 g/mol. The fraction of sp³-hybridized carbons (Fsp3) is 0.263. The Morgan fingerprint density at radius 3 is 2.48 bits per heavy atom. The highest BCUT2D eigenvalue weighted by Gasteiger charge is 2.11. The highest BCUT2D eigenvalue weighted by Crippen LogP contribution is 2.23. The maximum absolute atomic E-state index is 12.0. The second-order valence-electron chi connectivity index (χ2n) is 5.92. The number of imidazole rings is 1. The molecule has 0 unspecified atom stereocenters. The number of carbonyl (C=O) groups is 1. The van der Waals surface area contributed by atoms with Gasteiger partial charge in [-0.1, -0.05) is 0 Å². The topological polar surface area (TPSA) is 90.0 Å². The van der Waals surface area contributed by atoms with Crippen LogP contribution in [0.15, 0.2) is 48.8 Å². The van der Waals surface area contributed by atoms with Crippen LogP contribution in [0.2, 0.25) is 0 Å². The molecule has 3 rings (SSSR count). The van der Waals surface area contributed by atoms with Crippen molar-refractivity contribution in [1.29, 1.82) is 0 Å². The molecule has 0 bridgehead atoms. The van der Waals surface area contributed by atoms with Crippen molar-refractivity contribution in [2.75, 3.05) is 19.7 Å². The Kier molecular flexibility index (Phi) is 5.35. The summed E-state index contributed by atoms with van der Waals surface area (Å²) in [5.74, 6) is 0.546. The van der Waals surface area contributed by atoms with E-state index in [0.29, 0.717) is 30.2 Å². The van der Waals surface area contributed by atoms with Gasteiger partial charge in [0.25, 0.3) is 11.6 Å².